The molecule has 0 fully saturated rings. The Kier molecular flexibility index (Phi) is 5.00. The van der Waals surface area contributed by atoms with Crippen LogP contribution in [0.25, 0.3) is 16.7 Å². The van der Waals surface area contributed by atoms with Crippen molar-refractivity contribution in [2.24, 2.45) is 0 Å². The first-order valence-electron chi connectivity index (χ1n) is 7.28. The molecule has 26 heavy (non-hydrogen) atoms. The topological polar surface area (TPSA) is 95.3 Å². The molecule has 1 N–H and O–H groups in total. The van der Waals surface area contributed by atoms with Crippen LogP contribution in [0.15, 0.2) is 24.3 Å². The predicted molar refractivity (Wildman–Crippen MR) is 89.0 cm³/mol. The van der Waals surface area contributed by atoms with Crippen LogP contribution in [0.2, 0.25) is 0 Å². The number of nitrogens with one attached hydrogen (secondary N) is 1. The maximum atomic E-state index is 14.2. The van der Waals surface area contributed by atoms with E-state index in [2.05, 4.69) is 10.3 Å². The van der Waals surface area contributed by atoms with E-state index in [4.69, 9.17) is 9.47 Å². The van der Waals surface area contributed by atoms with Gasteiger partial charge in [0.2, 0.25) is 10.9 Å². The molecule has 0 aliphatic rings. The molecule has 0 aliphatic heterocycles. The van der Waals surface area contributed by atoms with Crippen molar-refractivity contribution < 1.29 is 26.7 Å². The first kappa shape index (κ1) is 18.0. The fraction of sp³-hybridized carbons (Fsp3) is 0.200. The van der Waals surface area contributed by atoms with Gasteiger partial charge in [-0.3, -0.25) is 0 Å². The van der Waals surface area contributed by atoms with Crippen molar-refractivity contribution in [3.8, 4) is 17.2 Å². The number of rotatable bonds is 6. The number of hydrogen-bond acceptors (Lipinski definition) is 6. The van der Waals surface area contributed by atoms with Gasteiger partial charge in [0.15, 0.2) is 11.5 Å². The van der Waals surface area contributed by atoms with Gasteiger partial charge in [0, 0.05) is 36.4 Å². The van der Waals surface area contributed by atoms with Crippen LogP contribution in [0.4, 0.5) is 8.78 Å². The number of methoxy groups -OCH3 is 2. The van der Waals surface area contributed by atoms with Crippen LogP contribution >= 0.6 is 0 Å². The van der Waals surface area contributed by atoms with Gasteiger partial charge in [-0.1, -0.05) is 5.21 Å². The Hall–Kier alpha value is -2.79. The maximum Gasteiger partial charge on any atom is 0.201 e. The lowest BCUT2D eigenvalue weighted by molar-refractivity contribution is 0.355. The summed E-state index contributed by atoms with van der Waals surface area (Å²) >= 11 is 0. The van der Waals surface area contributed by atoms with Crippen LogP contribution in [0.5, 0.6) is 11.5 Å². The first-order valence-corrected chi connectivity index (χ1v) is 8.46. The minimum atomic E-state index is -2.96. The summed E-state index contributed by atoms with van der Waals surface area (Å²) < 4.78 is 63.2. The van der Waals surface area contributed by atoms with Crippen LogP contribution in [0.1, 0.15) is 5.56 Å². The molecular formula is C15H14F2N4O4S. The van der Waals surface area contributed by atoms with Gasteiger partial charge in [-0.05, 0) is 0 Å². The van der Waals surface area contributed by atoms with Crippen LogP contribution < -0.4 is 14.2 Å². The molecule has 0 radical (unpaired) electrons. The summed E-state index contributed by atoms with van der Waals surface area (Å²) in [5.41, 5.74) is 0.592. The molecule has 3 aromatic rings. The van der Waals surface area contributed by atoms with E-state index in [-0.39, 0.29) is 5.69 Å². The second kappa shape index (κ2) is 7.22. The summed E-state index contributed by atoms with van der Waals surface area (Å²) in [5, 5.41) is 7.87. The van der Waals surface area contributed by atoms with Crippen molar-refractivity contribution in [3.63, 3.8) is 0 Å². The Balaban J connectivity index is 2.09. The minimum Gasteiger partial charge on any atom is -0.493 e. The number of fused-ring (bicyclic) bond motifs is 1. The highest BCUT2D eigenvalue weighted by molar-refractivity contribution is 7.70. The molecule has 0 spiro atoms. The lowest BCUT2D eigenvalue weighted by Gasteiger charge is -2.10. The van der Waals surface area contributed by atoms with Gasteiger partial charge in [0.25, 0.3) is 0 Å². The van der Waals surface area contributed by atoms with Crippen molar-refractivity contribution in [1.29, 1.82) is 0 Å². The number of ether oxygens (including phenoxy) is 2. The quantitative estimate of drug-likeness (QED) is 0.623. The molecule has 8 nitrogen and oxygen atoms in total. The second-order valence-electron chi connectivity index (χ2n) is 5.18. The molecule has 0 unspecified atom stereocenters. The molecule has 2 aromatic carbocycles. The summed E-state index contributed by atoms with van der Waals surface area (Å²) in [4.78, 5) is 0. The molecular weight excluding hydrogens is 370 g/mol. The van der Waals surface area contributed by atoms with E-state index < -0.39 is 34.6 Å². The number of aromatic nitrogens is 3. The van der Waals surface area contributed by atoms with Crippen LogP contribution in [0, 0.1) is 11.6 Å². The average Bonchev–Trinajstić information content (AvgIpc) is 3.02. The average molecular weight is 384 g/mol. The zero-order valence-corrected chi connectivity index (χ0v) is 14.6. The van der Waals surface area contributed by atoms with E-state index in [9.17, 15) is 17.2 Å². The second-order valence-corrected chi connectivity index (χ2v) is 6.01. The van der Waals surface area contributed by atoms with E-state index in [1.54, 1.807) is 12.1 Å². The third-order valence-corrected chi connectivity index (χ3v) is 4.12. The summed E-state index contributed by atoms with van der Waals surface area (Å²) in [7, 11) is -0.0319. The zero-order chi connectivity index (χ0) is 18.8. The van der Waals surface area contributed by atoms with Gasteiger partial charge in [-0.25, -0.2) is 26.6 Å². The third kappa shape index (κ3) is 3.30. The van der Waals surface area contributed by atoms with Gasteiger partial charge >= 0.3 is 0 Å². The van der Waals surface area contributed by atoms with Gasteiger partial charge in [0.05, 0.1) is 25.4 Å². The van der Waals surface area contributed by atoms with E-state index in [1.165, 1.54) is 18.9 Å². The molecule has 3 rings (SSSR count). The van der Waals surface area contributed by atoms with Crippen molar-refractivity contribution in [1.82, 2.24) is 19.7 Å². The highest BCUT2D eigenvalue weighted by Gasteiger charge is 2.16. The fourth-order valence-corrected chi connectivity index (χ4v) is 2.75. The summed E-state index contributed by atoms with van der Waals surface area (Å²) in [6.07, 6.45) is 0. The number of thiol groups is 1. The molecule has 0 bridgehead atoms. The van der Waals surface area contributed by atoms with Crippen LogP contribution in [-0.4, -0.2) is 37.6 Å². The molecule has 1 aromatic heterocycles. The molecule has 11 heteroatoms. The van der Waals surface area contributed by atoms with Crippen molar-refractivity contribution in [3.05, 3.63) is 41.5 Å². The Morgan fingerprint density at radius 1 is 1.08 bits per heavy atom. The van der Waals surface area contributed by atoms with Crippen LogP contribution in [0.3, 0.4) is 0 Å². The third-order valence-electron chi connectivity index (χ3n) is 3.71. The van der Waals surface area contributed by atoms with Gasteiger partial charge in [-0.15, -0.1) is 5.10 Å². The van der Waals surface area contributed by atoms with Gasteiger partial charge in [0.1, 0.15) is 17.2 Å². The summed E-state index contributed by atoms with van der Waals surface area (Å²) in [5.74, 6) is -0.968. The Bertz CT molecular complexity index is 1020. The predicted octanol–water partition coefficient (Wildman–Crippen LogP) is 1.33. The van der Waals surface area contributed by atoms with Gasteiger partial charge in [-0.2, -0.15) is 0 Å². The highest BCUT2D eigenvalue weighted by atomic mass is 32.2. The Morgan fingerprint density at radius 3 is 2.27 bits per heavy atom. The highest BCUT2D eigenvalue weighted by Crippen LogP contribution is 2.32. The molecule has 1 heterocycles. The molecule has 0 atom stereocenters. The van der Waals surface area contributed by atoms with E-state index in [1.807, 2.05) is 4.72 Å². The standard InChI is InChI=1S/C15H14F2N4O4S/c1-24-14-5-12-13(6-15(14)25-2)21(20-19-12)8-3-10(16)9(11(17)4-8)7-18-26(22)23/h3-6,26H,7H2,1-2H3,(H,18,22,23). The zero-order valence-electron chi connectivity index (χ0n) is 13.7. The van der Waals surface area contributed by atoms with Crippen molar-refractivity contribution in [2.45, 2.75) is 6.54 Å². The molecule has 0 saturated carbocycles. The Labute approximate surface area is 148 Å². The molecule has 0 aliphatic carbocycles. The maximum absolute atomic E-state index is 14.2. The molecule has 0 amide bonds. The van der Waals surface area contributed by atoms with E-state index in [0.717, 1.165) is 12.1 Å². The Morgan fingerprint density at radius 2 is 1.69 bits per heavy atom. The number of hydrogen-bond donors (Lipinski definition) is 2. The van der Waals surface area contributed by atoms with Crippen molar-refractivity contribution >= 4 is 21.9 Å². The van der Waals surface area contributed by atoms with Gasteiger partial charge < -0.3 is 9.47 Å². The monoisotopic (exact) mass is 384 g/mol. The molecule has 0 saturated heterocycles. The first-order chi connectivity index (χ1) is 12.4. The summed E-state index contributed by atoms with van der Waals surface area (Å²) in [6, 6.07) is 5.26. The number of nitrogens with zero attached hydrogens (tertiary/aromatic N) is 3. The smallest absolute Gasteiger partial charge is 0.201 e. The normalized spacial score (nSPS) is 11.3. The van der Waals surface area contributed by atoms with Crippen LogP contribution in [-0.2, 0) is 17.4 Å². The minimum absolute atomic E-state index is 0.0879. The van der Waals surface area contributed by atoms with E-state index >= 15 is 0 Å². The molecule has 138 valence electrons. The fourth-order valence-electron chi connectivity index (χ4n) is 2.46. The number of benzene rings is 2. The SMILES string of the molecule is COc1cc2nnn(-c3cc(F)c(CN[SH](=O)=O)c(F)c3)c2cc1OC. The lowest BCUT2D eigenvalue weighted by Crippen LogP contribution is -2.14. The van der Waals surface area contributed by atoms with E-state index in [0.29, 0.717) is 22.5 Å². The van der Waals surface area contributed by atoms with Crippen molar-refractivity contribution in [2.75, 3.05) is 14.2 Å². The summed E-state index contributed by atoms with van der Waals surface area (Å²) in [6.45, 7) is -0.486. The largest absolute Gasteiger partial charge is 0.493 e. The number of halogens is 2. The lowest BCUT2D eigenvalue weighted by atomic mass is 10.1.